The predicted molar refractivity (Wildman–Crippen MR) is 243 cm³/mol. The minimum atomic E-state index is -1.25. The van der Waals surface area contributed by atoms with Crippen molar-refractivity contribution in [3.8, 4) is 28.3 Å². The molecule has 0 aromatic heterocycles. The summed E-state index contributed by atoms with van der Waals surface area (Å²) >= 11 is 0. The number of para-hydroxylation sites is 3. The van der Waals surface area contributed by atoms with Gasteiger partial charge in [-0.05, 0) is 128 Å². The molecule has 0 fully saturated rings. The second-order valence-corrected chi connectivity index (χ2v) is 14.2. The van der Waals surface area contributed by atoms with Gasteiger partial charge in [-0.15, -0.1) is 0 Å². The van der Waals surface area contributed by atoms with E-state index in [0.717, 1.165) is 45.3 Å². The van der Waals surface area contributed by atoms with E-state index in [-0.39, 0.29) is 5.57 Å². The van der Waals surface area contributed by atoms with Gasteiger partial charge in [0.05, 0.1) is 0 Å². The number of carbonyl (C=O) groups is 1. The molecule has 9 rings (SSSR count). The number of aliphatic carboxylic acids is 1. The first-order valence-electron chi connectivity index (χ1n) is 19.4. The molecule has 0 atom stereocenters. The van der Waals surface area contributed by atoms with E-state index in [1.54, 1.807) is 6.07 Å². The second kappa shape index (κ2) is 16.1. The Hall–Kier alpha value is -8.20. The van der Waals surface area contributed by atoms with Gasteiger partial charge in [0.15, 0.2) is 0 Å². The molecule has 280 valence electrons. The molecule has 9 aromatic carbocycles. The average Bonchev–Trinajstić information content (AvgIpc) is 3.29. The smallest absolute Gasteiger partial charge is 0.346 e. The van der Waals surface area contributed by atoms with Crippen LogP contribution in [-0.2, 0) is 4.79 Å². The number of carboxylic acids is 1. The van der Waals surface area contributed by atoms with Crippen molar-refractivity contribution in [1.29, 1.82) is 5.26 Å². The summed E-state index contributed by atoms with van der Waals surface area (Å²) in [6.45, 7) is 0. The van der Waals surface area contributed by atoms with E-state index >= 15 is 0 Å². The summed E-state index contributed by atoms with van der Waals surface area (Å²) < 4.78 is 0. The zero-order valence-electron chi connectivity index (χ0n) is 32.0. The van der Waals surface area contributed by atoms with Gasteiger partial charge in [-0.3, -0.25) is 0 Å². The van der Waals surface area contributed by atoms with Crippen molar-refractivity contribution >= 4 is 67.7 Å². The number of rotatable bonds is 10. The van der Waals surface area contributed by atoms with E-state index in [9.17, 15) is 15.2 Å². The van der Waals surface area contributed by atoms with Crippen LogP contribution < -0.4 is 9.80 Å². The topological polar surface area (TPSA) is 67.6 Å². The summed E-state index contributed by atoms with van der Waals surface area (Å²) in [6, 6.07) is 75.4. The number of nitriles is 1. The largest absolute Gasteiger partial charge is 0.477 e. The van der Waals surface area contributed by atoms with Crippen LogP contribution in [0.1, 0.15) is 5.56 Å². The van der Waals surface area contributed by atoms with Crippen LogP contribution in [0.25, 0.3) is 49.9 Å². The molecule has 0 bridgehead atoms. The minimum Gasteiger partial charge on any atom is -0.477 e. The lowest BCUT2D eigenvalue weighted by molar-refractivity contribution is -0.132. The maximum atomic E-state index is 11.5. The first kappa shape index (κ1) is 36.4. The molecule has 0 spiro atoms. The van der Waals surface area contributed by atoms with Gasteiger partial charge >= 0.3 is 5.97 Å². The van der Waals surface area contributed by atoms with Gasteiger partial charge < -0.3 is 14.9 Å². The van der Waals surface area contributed by atoms with Crippen LogP contribution in [0.15, 0.2) is 218 Å². The molecule has 0 aliphatic carbocycles. The maximum absolute atomic E-state index is 11.5. The highest BCUT2D eigenvalue weighted by Gasteiger charge is 2.19. The van der Waals surface area contributed by atoms with Crippen LogP contribution >= 0.6 is 0 Å². The molecule has 0 heterocycles. The van der Waals surface area contributed by atoms with Crippen LogP contribution in [0.3, 0.4) is 0 Å². The third kappa shape index (κ3) is 7.19. The molecule has 0 unspecified atom stereocenters. The third-order valence-electron chi connectivity index (χ3n) is 10.6. The first-order valence-corrected chi connectivity index (χ1v) is 19.4. The van der Waals surface area contributed by atoms with Crippen molar-refractivity contribution in [2.75, 3.05) is 9.80 Å². The fourth-order valence-corrected chi connectivity index (χ4v) is 7.96. The number of benzene rings is 9. The van der Waals surface area contributed by atoms with Gasteiger partial charge in [0.1, 0.15) is 11.6 Å². The molecule has 0 saturated carbocycles. The van der Waals surface area contributed by atoms with Gasteiger partial charge in [0.25, 0.3) is 0 Å². The Morgan fingerprint density at radius 1 is 0.407 bits per heavy atom. The fraction of sp³-hybridized carbons (Fsp3) is 0. The number of nitrogens with zero attached hydrogens (tertiary/aromatic N) is 3. The van der Waals surface area contributed by atoms with E-state index in [4.69, 9.17) is 0 Å². The quantitative estimate of drug-likeness (QED) is 0.0854. The molecule has 59 heavy (non-hydrogen) atoms. The summed E-state index contributed by atoms with van der Waals surface area (Å²) in [5.74, 6) is -1.25. The van der Waals surface area contributed by atoms with E-state index in [1.807, 2.05) is 54.6 Å². The van der Waals surface area contributed by atoms with Crippen LogP contribution in [0, 0.1) is 11.3 Å². The molecular formula is C54H37N3O2. The summed E-state index contributed by atoms with van der Waals surface area (Å²) in [5.41, 5.74) is 11.1. The highest BCUT2D eigenvalue weighted by molar-refractivity contribution is 6.21. The molecular weight excluding hydrogens is 723 g/mol. The maximum Gasteiger partial charge on any atom is 0.346 e. The Balaban J connectivity index is 1.12. The lowest BCUT2D eigenvalue weighted by atomic mass is 9.86. The first-order chi connectivity index (χ1) is 29.1. The minimum absolute atomic E-state index is 0.312. The number of hydrogen-bond acceptors (Lipinski definition) is 4. The van der Waals surface area contributed by atoms with E-state index in [1.165, 1.54) is 38.7 Å². The van der Waals surface area contributed by atoms with Gasteiger partial charge in [-0.1, -0.05) is 140 Å². The van der Waals surface area contributed by atoms with Crippen LogP contribution in [0.2, 0.25) is 0 Å². The van der Waals surface area contributed by atoms with Crippen LogP contribution in [-0.4, -0.2) is 11.1 Å². The number of hydrogen-bond donors (Lipinski definition) is 1. The number of carboxylic acid groups (broad SMARTS) is 1. The molecule has 0 saturated heterocycles. The fourth-order valence-electron chi connectivity index (χ4n) is 7.96. The van der Waals surface area contributed by atoms with E-state index in [0.29, 0.717) is 5.56 Å². The van der Waals surface area contributed by atoms with Crippen molar-refractivity contribution in [2.45, 2.75) is 0 Å². The summed E-state index contributed by atoms with van der Waals surface area (Å²) in [5, 5.41) is 23.3. The third-order valence-corrected chi connectivity index (χ3v) is 10.6. The van der Waals surface area contributed by atoms with Crippen molar-refractivity contribution in [3.05, 3.63) is 223 Å². The standard InChI is InChI=1S/C54H37N3O2/c55-37-41(54(58)59)36-38-24-30-45(31-25-38)57(44-18-8-3-9-19-44)47-34-28-40(29-35-47)53-50-22-12-10-20-48(50)52(49-21-11-13-23-51(49)53)39-26-32-46(33-27-39)56(42-14-4-1-5-15-42)43-16-6-2-7-17-43/h1-36H,(H,58,59)/b41-36+. The number of anilines is 6. The van der Waals surface area contributed by atoms with Crippen molar-refractivity contribution in [1.82, 2.24) is 0 Å². The average molecular weight is 760 g/mol. The van der Waals surface area contributed by atoms with Gasteiger partial charge in [0, 0.05) is 34.1 Å². The highest BCUT2D eigenvalue weighted by Crippen LogP contribution is 2.45. The van der Waals surface area contributed by atoms with E-state index < -0.39 is 5.97 Å². The summed E-state index contributed by atoms with van der Waals surface area (Å²) in [4.78, 5) is 15.9. The van der Waals surface area contributed by atoms with Crippen molar-refractivity contribution in [3.63, 3.8) is 0 Å². The highest BCUT2D eigenvalue weighted by atomic mass is 16.4. The molecule has 0 aliphatic heterocycles. The van der Waals surface area contributed by atoms with Crippen LogP contribution in [0.4, 0.5) is 34.1 Å². The SMILES string of the molecule is N#C/C(=C\c1ccc(N(c2ccccc2)c2ccc(-c3c4ccccc4c(-c4ccc(N(c5ccccc5)c5ccccc5)cc4)c4ccccc34)cc2)cc1)C(=O)O. The van der Waals surface area contributed by atoms with Gasteiger partial charge in [0.2, 0.25) is 0 Å². The van der Waals surface area contributed by atoms with E-state index in [2.05, 4.69) is 168 Å². The molecule has 5 nitrogen and oxygen atoms in total. The Bertz CT molecular complexity index is 2900. The van der Waals surface area contributed by atoms with Crippen molar-refractivity contribution in [2.24, 2.45) is 0 Å². The summed E-state index contributed by atoms with van der Waals surface area (Å²) in [7, 11) is 0. The van der Waals surface area contributed by atoms with Gasteiger partial charge in [-0.25, -0.2) is 4.79 Å². The van der Waals surface area contributed by atoms with Crippen LogP contribution in [0.5, 0.6) is 0 Å². The lowest BCUT2D eigenvalue weighted by Gasteiger charge is -2.26. The zero-order valence-corrected chi connectivity index (χ0v) is 32.0. The molecule has 0 radical (unpaired) electrons. The Kier molecular flexibility index (Phi) is 9.95. The second-order valence-electron chi connectivity index (χ2n) is 14.2. The molecule has 0 amide bonds. The summed E-state index contributed by atoms with van der Waals surface area (Å²) in [6.07, 6.45) is 1.38. The molecule has 5 heteroatoms. The Morgan fingerprint density at radius 2 is 0.695 bits per heavy atom. The van der Waals surface area contributed by atoms with Crippen molar-refractivity contribution < 1.29 is 9.90 Å². The predicted octanol–water partition coefficient (Wildman–Crippen LogP) is 14.3. The lowest BCUT2D eigenvalue weighted by Crippen LogP contribution is -2.09. The normalized spacial score (nSPS) is 11.3. The molecule has 9 aromatic rings. The van der Waals surface area contributed by atoms with Gasteiger partial charge in [-0.2, -0.15) is 5.26 Å². The molecule has 0 aliphatic rings. The monoisotopic (exact) mass is 759 g/mol. The molecule has 1 N–H and O–H groups in total. The zero-order chi connectivity index (χ0) is 40.1. The Morgan fingerprint density at radius 3 is 1.00 bits per heavy atom. The Labute approximate surface area is 343 Å². The number of fused-ring (bicyclic) bond motifs is 2.